The number of halogens is 1. The minimum Gasteiger partial charge on any atom is -0.494 e. The second kappa shape index (κ2) is 5.77. The molecule has 0 saturated heterocycles. The van der Waals surface area contributed by atoms with Crippen LogP contribution in [0.25, 0.3) is 0 Å². The first-order chi connectivity index (χ1) is 9.15. The Morgan fingerprint density at radius 3 is 2.84 bits per heavy atom. The number of aryl methyl sites for hydroxylation is 1. The summed E-state index contributed by atoms with van der Waals surface area (Å²) in [6.07, 6.45) is 1.98. The summed E-state index contributed by atoms with van der Waals surface area (Å²) < 4.78 is 20.2. The third kappa shape index (κ3) is 2.88. The van der Waals surface area contributed by atoms with Crippen LogP contribution < -0.4 is 16.0 Å². The minimum atomic E-state index is -0.418. The van der Waals surface area contributed by atoms with E-state index in [-0.39, 0.29) is 11.8 Å². The SMILES string of the molecule is COc1ccc(C(Cc2ncnn2C)NN)cc1F. The van der Waals surface area contributed by atoms with Crippen LogP contribution in [0.5, 0.6) is 5.75 Å². The summed E-state index contributed by atoms with van der Waals surface area (Å²) in [4.78, 5) is 4.12. The molecule has 0 saturated carbocycles. The highest BCUT2D eigenvalue weighted by atomic mass is 19.1. The van der Waals surface area contributed by atoms with Crippen LogP contribution in [0, 0.1) is 5.82 Å². The number of nitrogens with one attached hydrogen (secondary N) is 1. The maximum absolute atomic E-state index is 13.7. The molecule has 1 heterocycles. The fourth-order valence-electron chi connectivity index (χ4n) is 1.86. The highest BCUT2D eigenvalue weighted by Gasteiger charge is 2.15. The quantitative estimate of drug-likeness (QED) is 0.615. The summed E-state index contributed by atoms with van der Waals surface area (Å²) in [5.74, 6) is 6.08. The van der Waals surface area contributed by atoms with E-state index in [1.807, 2.05) is 0 Å². The van der Waals surface area contributed by atoms with Crippen LogP contribution in [0.4, 0.5) is 4.39 Å². The number of aromatic nitrogens is 3. The fourth-order valence-corrected chi connectivity index (χ4v) is 1.86. The van der Waals surface area contributed by atoms with Crippen LogP contribution >= 0.6 is 0 Å². The monoisotopic (exact) mass is 265 g/mol. The van der Waals surface area contributed by atoms with Crippen LogP contribution in [0.1, 0.15) is 17.4 Å². The van der Waals surface area contributed by atoms with Crippen LogP contribution in [0.3, 0.4) is 0 Å². The lowest BCUT2D eigenvalue weighted by Gasteiger charge is -2.16. The molecule has 1 atom stereocenters. The Kier molecular flexibility index (Phi) is 4.08. The van der Waals surface area contributed by atoms with Gasteiger partial charge in [-0.3, -0.25) is 16.0 Å². The maximum atomic E-state index is 13.7. The largest absolute Gasteiger partial charge is 0.494 e. The molecule has 0 spiro atoms. The van der Waals surface area contributed by atoms with E-state index in [1.54, 1.807) is 23.9 Å². The zero-order valence-electron chi connectivity index (χ0n) is 10.8. The molecule has 2 rings (SSSR count). The summed E-state index contributed by atoms with van der Waals surface area (Å²) in [5, 5.41) is 3.99. The Balaban J connectivity index is 2.22. The molecule has 0 bridgehead atoms. The molecule has 0 aliphatic heterocycles. The maximum Gasteiger partial charge on any atom is 0.165 e. The van der Waals surface area contributed by atoms with Gasteiger partial charge in [0.2, 0.25) is 0 Å². The minimum absolute atomic E-state index is 0.207. The summed E-state index contributed by atoms with van der Waals surface area (Å²) in [6.45, 7) is 0. The van der Waals surface area contributed by atoms with Crippen LogP contribution in [-0.2, 0) is 13.5 Å². The van der Waals surface area contributed by atoms with Crippen molar-refractivity contribution in [1.82, 2.24) is 20.2 Å². The predicted octanol–water partition coefficient (Wildman–Crippen LogP) is 0.710. The number of hydrazine groups is 1. The van der Waals surface area contributed by atoms with Gasteiger partial charge in [0.15, 0.2) is 11.6 Å². The van der Waals surface area contributed by atoms with Gasteiger partial charge in [0.1, 0.15) is 12.2 Å². The molecule has 0 amide bonds. The van der Waals surface area contributed by atoms with Gasteiger partial charge in [0, 0.05) is 13.5 Å². The lowest BCUT2D eigenvalue weighted by Crippen LogP contribution is -2.30. The lowest BCUT2D eigenvalue weighted by molar-refractivity contribution is 0.385. The Labute approximate surface area is 110 Å². The number of methoxy groups -OCH3 is 1. The molecule has 19 heavy (non-hydrogen) atoms. The molecule has 2 aromatic rings. The Morgan fingerprint density at radius 1 is 1.53 bits per heavy atom. The molecule has 0 aliphatic carbocycles. The molecule has 0 fully saturated rings. The van der Waals surface area contributed by atoms with E-state index in [1.165, 1.54) is 19.5 Å². The second-order valence-electron chi connectivity index (χ2n) is 4.12. The molecule has 0 radical (unpaired) electrons. The smallest absolute Gasteiger partial charge is 0.165 e. The predicted molar refractivity (Wildman–Crippen MR) is 67.7 cm³/mol. The van der Waals surface area contributed by atoms with Crippen LogP contribution in [-0.4, -0.2) is 21.9 Å². The normalized spacial score (nSPS) is 12.4. The standard InChI is InChI=1S/C12H16FN5O/c1-18-12(15-7-16-18)6-10(17-14)8-3-4-11(19-2)9(13)5-8/h3-5,7,10,17H,6,14H2,1-2H3. The van der Waals surface area contributed by atoms with E-state index in [9.17, 15) is 4.39 Å². The van der Waals surface area contributed by atoms with Gasteiger partial charge < -0.3 is 4.74 Å². The average molecular weight is 265 g/mol. The highest BCUT2D eigenvalue weighted by Crippen LogP contribution is 2.23. The zero-order chi connectivity index (χ0) is 13.8. The van der Waals surface area contributed by atoms with Crippen molar-refractivity contribution in [3.8, 4) is 5.75 Å². The van der Waals surface area contributed by atoms with Crippen molar-refractivity contribution in [2.24, 2.45) is 12.9 Å². The van der Waals surface area contributed by atoms with Gasteiger partial charge in [-0.1, -0.05) is 6.07 Å². The first-order valence-corrected chi connectivity index (χ1v) is 5.78. The number of hydrogen-bond acceptors (Lipinski definition) is 5. The number of hydrogen-bond donors (Lipinski definition) is 2. The summed E-state index contributed by atoms with van der Waals surface area (Å²) in [7, 11) is 3.22. The van der Waals surface area contributed by atoms with Crippen molar-refractivity contribution in [3.63, 3.8) is 0 Å². The van der Waals surface area contributed by atoms with Crippen molar-refractivity contribution in [3.05, 3.63) is 41.7 Å². The average Bonchev–Trinajstić information content (AvgIpc) is 2.81. The van der Waals surface area contributed by atoms with Crippen molar-refractivity contribution >= 4 is 0 Å². The van der Waals surface area contributed by atoms with E-state index in [2.05, 4.69) is 15.5 Å². The molecule has 7 heteroatoms. The van der Waals surface area contributed by atoms with Gasteiger partial charge in [0.05, 0.1) is 13.2 Å². The molecule has 102 valence electrons. The number of rotatable bonds is 5. The summed E-state index contributed by atoms with van der Waals surface area (Å²) in [6, 6.07) is 4.50. The number of ether oxygens (including phenoxy) is 1. The molecular formula is C12H16FN5O. The molecule has 1 aromatic heterocycles. The molecule has 1 aromatic carbocycles. The first-order valence-electron chi connectivity index (χ1n) is 5.78. The topological polar surface area (TPSA) is 78.0 Å². The first kappa shape index (κ1) is 13.4. The van der Waals surface area contributed by atoms with E-state index in [0.717, 1.165) is 11.4 Å². The Morgan fingerprint density at radius 2 is 2.32 bits per heavy atom. The third-order valence-corrected chi connectivity index (χ3v) is 2.97. The van der Waals surface area contributed by atoms with Crippen molar-refractivity contribution < 1.29 is 9.13 Å². The van der Waals surface area contributed by atoms with Gasteiger partial charge in [-0.25, -0.2) is 9.37 Å². The molecule has 3 N–H and O–H groups in total. The van der Waals surface area contributed by atoms with Gasteiger partial charge in [-0.05, 0) is 17.7 Å². The Hall–Kier alpha value is -1.99. The second-order valence-corrected chi connectivity index (χ2v) is 4.12. The van der Waals surface area contributed by atoms with Crippen molar-refractivity contribution in [2.75, 3.05) is 7.11 Å². The number of benzene rings is 1. The van der Waals surface area contributed by atoms with Crippen molar-refractivity contribution in [2.45, 2.75) is 12.5 Å². The van der Waals surface area contributed by atoms with Gasteiger partial charge in [-0.2, -0.15) is 5.10 Å². The van der Waals surface area contributed by atoms with E-state index >= 15 is 0 Å². The molecule has 1 unspecified atom stereocenters. The Bertz CT molecular complexity index is 557. The number of nitrogens with zero attached hydrogens (tertiary/aromatic N) is 3. The van der Waals surface area contributed by atoms with Gasteiger partial charge in [-0.15, -0.1) is 0 Å². The zero-order valence-corrected chi connectivity index (χ0v) is 10.8. The lowest BCUT2D eigenvalue weighted by atomic mass is 10.0. The summed E-state index contributed by atoms with van der Waals surface area (Å²) in [5.41, 5.74) is 3.39. The third-order valence-electron chi connectivity index (χ3n) is 2.97. The van der Waals surface area contributed by atoms with E-state index < -0.39 is 5.82 Å². The highest BCUT2D eigenvalue weighted by molar-refractivity contribution is 5.31. The van der Waals surface area contributed by atoms with E-state index in [0.29, 0.717) is 6.42 Å². The van der Waals surface area contributed by atoms with Gasteiger partial charge >= 0.3 is 0 Å². The van der Waals surface area contributed by atoms with E-state index in [4.69, 9.17) is 10.6 Å². The number of nitrogens with two attached hydrogens (primary N) is 1. The fraction of sp³-hybridized carbons (Fsp3) is 0.333. The van der Waals surface area contributed by atoms with Crippen LogP contribution in [0.2, 0.25) is 0 Å². The molecular weight excluding hydrogens is 249 g/mol. The molecule has 0 aliphatic rings. The van der Waals surface area contributed by atoms with Crippen LogP contribution in [0.15, 0.2) is 24.5 Å². The van der Waals surface area contributed by atoms with Gasteiger partial charge in [0.25, 0.3) is 0 Å². The summed E-state index contributed by atoms with van der Waals surface area (Å²) >= 11 is 0. The van der Waals surface area contributed by atoms with Crippen molar-refractivity contribution in [1.29, 1.82) is 0 Å². The molecule has 6 nitrogen and oxygen atoms in total.